The average Bonchev–Trinajstić information content (AvgIpc) is 2.66. The van der Waals surface area contributed by atoms with Gasteiger partial charge >= 0.3 is 0 Å². The van der Waals surface area contributed by atoms with E-state index in [9.17, 15) is 4.79 Å². The van der Waals surface area contributed by atoms with Gasteiger partial charge in [0.05, 0.1) is 0 Å². The average molecular weight is 349 g/mol. The second-order valence-corrected chi connectivity index (χ2v) is 5.99. The minimum absolute atomic E-state index is 0.0627. The zero-order valence-electron chi connectivity index (χ0n) is 13.6. The van der Waals surface area contributed by atoms with Crippen molar-refractivity contribution in [3.8, 4) is 5.75 Å². The van der Waals surface area contributed by atoms with Gasteiger partial charge in [0.15, 0.2) is 5.78 Å². The van der Waals surface area contributed by atoms with Crippen LogP contribution in [-0.2, 0) is 6.61 Å². The normalized spacial score (nSPS) is 10.8. The minimum Gasteiger partial charge on any atom is -0.489 e. The number of hydrogen-bond donors (Lipinski definition) is 0. The standard InChI is InChI=1S/C22H17ClO2/c23-20-12-10-19(11-13-20)22(24)14-9-17-7-4-8-21(15-17)25-16-18-5-2-1-3-6-18/h1-15H,16H2/b14-9+. The van der Waals surface area contributed by atoms with Gasteiger partial charge in [0.1, 0.15) is 12.4 Å². The van der Waals surface area contributed by atoms with Crippen molar-refractivity contribution in [2.24, 2.45) is 0 Å². The van der Waals surface area contributed by atoms with E-state index in [0.29, 0.717) is 17.2 Å². The Balaban J connectivity index is 1.64. The molecule has 0 aromatic heterocycles. The molecule has 3 heteroatoms. The second kappa shape index (κ2) is 8.32. The van der Waals surface area contributed by atoms with Gasteiger partial charge in [-0.1, -0.05) is 60.1 Å². The van der Waals surface area contributed by atoms with E-state index in [1.54, 1.807) is 36.4 Å². The molecule has 2 nitrogen and oxygen atoms in total. The predicted octanol–water partition coefficient (Wildman–Crippen LogP) is 5.82. The first kappa shape index (κ1) is 17.0. The first-order valence-electron chi connectivity index (χ1n) is 7.95. The molecule has 3 aromatic carbocycles. The SMILES string of the molecule is O=C(/C=C/c1cccc(OCc2ccccc2)c1)c1ccc(Cl)cc1. The largest absolute Gasteiger partial charge is 0.489 e. The van der Waals surface area contributed by atoms with Crippen molar-refractivity contribution in [1.29, 1.82) is 0 Å². The molecule has 0 aliphatic rings. The Bertz CT molecular complexity index is 868. The molecule has 3 aromatic rings. The summed E-state index contributed by atoms with van der Waals surface area (Å²) in [5.41, 5.74) is 2.63. The lowest BCUT2D eigenvalue weighted by Gasteiger charge is -2.06. The highest BCUT2D eigenvalue weighted by Gasteiger charge is 2.02. The van der Waals surface area contributed by atoms with Gasteiger partial charge in [-0.05, 0) is 53.6 Å². The number of allylic oxidation sites excluding steroid dienone is 1. The highest BCUT2D eigenvalue weighted by atomic mass is 35.5. The van der Waals surface area contributed by atoms with E-state index in [1.807, 2.05) is 54.6 Å². The molecule has 0 amide bonds. The Hall–Kier alpha value is -2.84. The molecule has 0 N–H and O–H groups in total. The third-order valence-electron chi connectivity index (χ3n) is 3.66. The van der Waals surface area contributed by atoms with Gasteiger partial charge in [-0.2, -0.15) is 0 Å². The molecule has 3 rings (SSSR count). The summed E-state index contributed by atoms with van der Waals surface area (Å²) in [6.07, 6.45) is 3.34. The summed E-state index contributed by atoms with van der Waals surface area (Å²) in [5, 5.41) is 0.615. The van der Waals surface area contributed by atoms with E-state index >= 15 is 0 Å². The number of carbonyl (C=O) groups excluding carboxylic acids is 1. The van der Waals surface area contributed by atoms with Crippen molar-refractivity contribution in [2.45, 2.75) is 6.61 Å². The van der Waals surface area contributed by atoms with Crippen molar-refractivity contribution in [2.75, 3.05) is 0 Å². The molecule has 0 atom stereocenters. The van der Waals surface area contributed by atoms with Crippen LogP contribution in [0.15, 0.2) is 84.9 Å². The molecule has 124 valence electrons. The van der Waals surface area contributed by atoms with Crippen LogP contribution in [0.4, 0.5) is 0 Å². The Morgan fingerprint density at radius 2 is 1.68 bits per heavy atom. The quantitative estimate of drug-likeness (QED) is 0.414. The van der Waals surface area contributed by atoms with E-state index in [2.05, 4.69) is 0 Å². The summed E-state index contributed by atoms with van der Waals surface area (Å²) < 4.78 is 5.80. The first-order valence-corrected chi connectivity index (χ1v) is 8.33. The topological polar surface area (TPSA) is 26.3 Å². The maximum absolute atomic E-state index is 12.2. The molecular weight excluding hydrogens is 332 g/mol. The summed E-state index contributed by atoms with van der Waals surface area (Å²) in [7, 11) is 0. The third-order valence-corrected chi connectivity index (χ3v) is 3.91. The third kappa shape index (κ3) is 5.07. The van der Waals surface area contributed by atoms with Crippen LogP contribution in [0.2, 0.25) is 5.02 Å². The number of ketones is 1. The molecule has 0 saturated carbocycles. The highest BCUT2D eigenvalue weighted by molar-refractivity contribution is 6.30. The number of rotatable bonds is 6. The van der Waals surface area contributed by atoms with Gasteiger partial charge in [-0.15, -0.1) is 0 Å². The summed E-state index contributed by atoms with van der Waals surface area (Å²) in [4.78, 5) is 12.2. The molecule has 0 aliphatic carbocycles. The number of halogens is 1. The van der Waals surface area contributed by atoms with Crippen LogP contribution in [-0.4, -0.2) is 5.78 Å². The Morgan fingerprint density at radius 1 is 0.920 bits per heavy atom. The number of hydrogen-bond acceptors (Lipinski definition) is 2. The monoisotopic (exact) mass is 348 g/mol. The van der Waals surface area contributed by atoms with Crippen molar-refractivity contribution < 1.29 is 9.53 Å². The zero-order chi connectivity index (χ0) is 17.5. The van der Waals surface area contributed by atoms with Gasteiger partial charge in [-0.25, -0.2) is 0 Å². The molecule has 0 bridgehead atoms. The molecule has 0 aliphatic heterocycles. The second-order valence-electron chi connectivity index (χ2n) is 5.55. The smallest absolute Gasteiger partial charge is 0.185 e. The lowest BCUT2D eigenvalue weighted by molar-refractivity contribution is 0.104. The molecule has 0 fully saturated rings. The fourth-order valence-electron chi connectivity index (χ4n) is 2.33. The molecule has 0 spiro atoms. The summed E-state index contributed by atoms with van der Waals surface area (Å²) in [6, 6.07) is 24.5. The Morgan fingerprint density at radius 3 is 2.44 bits per heavy atom. The Kier molecular flexibility index (Phi) is 5.65. The Labute approximate surface area is 152 Å². The van der Waals surface area contributed by atoms with Crippen LogP contribution in [0.1, 0.15) is 21.5 Å². The van der Waals surface area contributed by atoms with E-state index in [-0.39, 0.29) is 5.78 Å². The van der Waals surface area contributed by atoms with E-state index < -0.39 is 0 Å². The fraction of sp³-hybridized carbons (Fsp3) is 0.0455. The predicted molar refractivity (Wildman–Crippen MR) is 102 cm³/mol. The lowest BCUT2D eigenvalue weighted by Crippen LogP contribution is -1.95. The van der Waals surface area contributed by atoms with Gasteiger partial charge in [-0.3, -0.25) is 4.79 Å². The van der Waals surface area contributed by atoms with Gasteiger partial charge in [0.2, 0.25) is 0 Å². The maximum Gasteiger partial charge on any atom is 0.185 e. The van der Waals surface area contributed by atoms with Crippen LogP contribution in [0, 0.1) is 0 Å². The van der Waals surface area contributed by atoms with E-state index in [1.165, 1.54) is 0 Å². The molecule has 25 heavy (non-hydrogen) atoms. The van der Waals surface area contributed by atoms with Crippen molar-refractivity contribution in [3.63, 3.8) is 0 Å². The summed E-state index contributed by atoms with van der Waals surface area (Å²) in [6.45, 7) is 0.512. The first-order chi connectivity index (χ1) is 12.2. The summed E-state index contributed by atoms with van der Waals surface area (Å²) in [5.74, 6) is 0.706. The van der Waals surface area contributed by atoms with Gasteiger partial charge < -0.3 is 4.74 Å². The van der Waals surface area contributed by atoms with Crippen molar-refractivity contribution >= 4 is 23.5 Å². The van der Waals surface area contributed by atoms with Crippen LogP contribution in [0.5, 0.6) is 5.75 Å². The highest BCUT2D eigenvalue weighted by Crippen LogP contribution is 2.17. The lowest BCUT2D eigenvalue weighted by atomic mass is 10.1. The number of ether oxygens (including phenoxy) is 1. The molecule has 0 radical (unpaired) electrons. The van der Waals surface area contributed by atoms with Crippen LogP contribution in [0.25, 0.3) is 6.08 Å². The molecular formula is C22H17ClO2. The van der Waals surface area contributed by atoms with Crippen molar-refractivity contribution in [3.05, 3.63) is 107 Å². The molecule has 0 heterocycles. The van der Waals surface area contributed by atoms with Gasteiger partial charge in [0.25, 0.3) is 0 Å². The van der Waals surface area contributed by atoms with Crippen LogP contribution < -0.4 is 4.74 Å². The van der Waals surface area contributed by atoms with E-state index in [0.717, 1.165) is 16.9 Å². The van der Waals surface area contributed by atoms with Crippen molar-refractivity contribution in [1.82, 2.24) is 0 Å². The zero-order valence-corrected chi connectivity index (χ0v) is 14.3. The maximum atomic E-state index is 12.2. The van der Waals surface area contributed by atoms with Crippen LogP contribution in [0.3, 0.4) is 0 Å². The summed E-state index contributed by atoms with van der Waals surface area (Å²) >= 11 is 5.84. The molecule has 0 saturated heterocycles. The van der Waals surface area contributed by atoms with E-state index in [4.69, 9.17) is 16.3 Å². The fourth-order valence-corrected chi connectivity index (χ4v) is 2.46. The van der Waals surface area contributed by atoms with Crippen LogP contribution >= 0.6 is 11.6 Å². The number of benzene rings is 3. The minimum atomic E-state index is -0.0627. The molecule has 0 unspecified atom stereocenters. The van der Waals surface area contributed by atoms with Gasteiger partial charge in [0, 0.05) is 10.6 Å². The number of carbonyl (C=O) groups is 1.